The lowest BCUT2D eigenvalue weighted by Crippen LogP contribution is -2.29. The molecule has 26 heavy (non-hydrogen) atoms. The van der Waals surface area contributed by atoms with Gasteiger partial charge in [-0.25, -0.2) is 4.79 Å². The van der Waals surface area contributed by atoms with Crippen molar-refractivity contribution in [1.82, 2.24) is 0 Å². The number of benzene rings is 3. The minimum Gasteiger partial charge on any atom is -0.478 e. The first-order chi connectivity index (χ1) is 12.5. The van der Waals surface area contributed by atoms with Crippen molar-refractivity contribution in [2.24, 2.45) is 0 Å². The highest BCUT2D eigenvalue weighted by atomic mass is 35.5. The van der Waals surface area contributed by atoms with E-state index < -0.39 is 12.1 Å². The fraction of sp³-hybridized carbons (Fsp3) is 0.136. The number of hydrogen-bond donors (Lipinski definition) is 1. The van der Waals surface area contributed by atoms with Crippen LogP contribution in [0.3, 0.4) is 0 Å². The van der Waals surface area contributed by atoms with Gasteiger partial charge in [0, 0.05) is 11.4 Å². The van der Waals surface area contributed by atoms with E-state index in [1.165, 1.54) is 0 Å². The zero-order valence-electron chi connectivity index (χ0n) is 14.4. The number of carboxylic acids is 1. The fourth-order valence-corrected chi connectivity index (χ4v) is 3.01. The highest BCUT2D eigenvalue weighted by Crippen LogP contribution is 2.24. The van der Waals surface area contributed by atoms with Gasteiger partial charge in [0.05, 0.1) is 0 Å². The van der Waals surface area contributed by atoms with Gasteiger partial charge in [-0.2, -0.15) is 0 Å². The van der Waals surface area contributed by atoms with Crippen molar-refractivity contribution in [3.63, 3.8) is 0 Å². The summed E-state index contributed by atoms with van der Waals surface area (Å²) in [5.74, 6) is -0.463. The van der Waals surface area contributed by atoms with Crippen molar-refractivity contribution < 1.29 is 14.6 Å². The lowest BCUT2D eigenvalue weighted by atomic mass is 10.0. The van der Waals surface area contributed by atoms with Crippen LogP contribution >= 0.6 is 11.6 Å². The first-order valence-corrected chi connectivity index (χ1v) is 8.71. The molecule has 3 rings (SSSR count). The first-order valence-electron chi connectivity index (χ1n) is 8.33. The highest BCUT2D eigenvalue weighted by Gasteiger charge is 2.21. The summed E-state index contributed by atoms with van der Waals surface area (Å²) in [6.45, 7) is 1.91. The third-order valence-electron chi connectivity index (χ3n) is 4.23. The molecule has 0 spiro atoms. The third-order valence-corrected chi connectivity index (χ3v) is 4.46. The van der Waals surface area contributed by atoms with E-state index in [1.807, 2.05) is 61.5 Å². The second kappa shape index (κ2) is 8.07. The number of carbonyl (C=O) groups is 1. The standard InChI is InChI=1S/C22H19ClO3/c1-15-13-19(23)10-7-18(15)14-21(22(24)25)26-20-11-8-17(9-12-20)16-5-3-2-4-6-16/h2-13,21H,14H2,1H3,(H,24,25). The Hall–Kier alpha value is -2.78. The van der Waals surface area contributed by atoms with Gasteiger partial charge in [-0.3, -0.25) is 0 Å². The second-order valence-corrected chi connectivity index (χ2v) is 6.55. The molecule has 4 heteroatoms. The molecule has 1 atom stereocenters. The third kappa shape index (κ3) is 4.44. The Labute approximate surface area is 157 Å². The van der Waals surface area contributed by atoms with Crippen molar-refractivity contribution in [2.45, 2.75) is 19.4 Å². The Kier molecular flexibility index (Phi) is 5.59. The molecule has 0 radical (unpaired) electrons. The van der Waals surface area contributed by atoms with Crippen LogP contribution in [0, 0.1) is 6.92 Å². The number of carboxylic acid groups (broad SMARTS) is 1. The zero-order valence-corrected chi connectivity index (χ0v) is 15.1. The van der Waals surface area contributed by atoms with Crippen LogP contribution in [0.5, 0.6) is 5.75 Å². The summed E-state index contributed by atoms with van der Waals surface area (Å²) in [6.07, 6.45) is -0.684. The van der Waals surface area contributed by atoms with E-state index >= 15 is 0 Å². The molecule has 0 fully saturated rings. The van der Waals surface area contributed by atoms with Crippen LogP contribution in [-0.4, -0.2) is 17.2 Å². The number of aliphatic carboxylic acids is 1. The van der Waals surface area contributed by atoms with E-state index in [4.69, 9.17) is 16.3 Å². The second-order valence-electron chi connectivity index (χ2n) is 6.11. The molecule has 0 amide bonds. The Morgan fingerprint density at radius 3 is 2.27 bits per heavy atom. The average Bonchev–Trinajstić information content (AvgIpc) is 2.64. The highest BCUT2D eigenvalue weighted by molar-refractivity contribution is 6.30. The number of hydrogen-bond acceptors (Lipinski definition) is 2. The molecular formula is C22H19ClO3. The Balaban J connectivity index is 1.75. The maximum absolute atomic E-state index is 11.6. The summed E-state index contributed by atoms with van der Waals surface area (Å²) >= 11 is 5.96. The number of ether oxygens (including phenoxy) is 1. The Morgan fingerprint density at radius 2 is 1.65 bits per heavy atom. The van der Waals surface area contributed by atoms with Crippen LogP contribution in [0.25, 0.3) is 11.1 Å². The van der Waals surface area contributed by atoms with Crippen molar-refractivity contribution in [1.29, 1.82) is 0 Å². The Bertz CT molecular complexity index is 889. The molecule has 0 aliphatic heterocycles. The van der Waals surface area contributed by atoms with Crippen molar-refractivity contribution in [2.75, 3.05) is 0 Å². The summed E-state index contributed by atoms with van der Waals surface area (Å²) in [7, 11) is 0. The normalized spacial score (nSPS) is 11.8. The molecule has 132 valence electrons. The van der Waals surface area contributed by atoms with Gasteiger partial charge in [0.15, 0.2) is 6.10 Å². The molecule has 3 aromatic rings. The number of halogens is 1. The van der Waals surface area contributed by atoms with E-state index in [0.717, 1.165) is 22.3 Å². The topological polar surface area (TPSA) is 46.5 Å². The number of aryl methyl sites for hydroxylation is 1. The van der Waals surface area contributed by atoms with Crippen LogP contribution < -0.4 is 4.74 Å². The van der Waals surface area contributed by atoms with Crippen molar-refractivity contribution in [3.05, 3.63) is 88.9 Å². The molecule has 0 aliphatic rings. The van der Waals surface area contributed by atoms with Gasteiger partial charge < -0.3 is 9.84 Å². The largest absolute Gasteiger partial charge is 0.478 e. The van der Waals surface area contributed by atoms with Gasteiger partial charge in [0.2, 0.25) is 0 Å². The molecule has 0 aromatic heterocycles. The molecule has 0 saturated heterocycles. The summed E-state index contributed by atoms with van der Waals surface area (Å²) < 4.78 is 5.72. The van der Waals surface area contributed by atoms with Crippen molar-refractivity contribution >= 4 is 17.6 Å². The SMILES string of the molecule is Cc1cc(Cl)ccc1CC(Oc1ccc(-c2ccccc2)cc1)C(=O)O. The van der Waals surface area contributed by atoms with E-state index in [9.17, 15) is 9.90 Å². The van der Waals surface area contributed by atoms with Crippen LogP contribution in [0.2, 0.25) is 5.02 Å². The van der Waals surface area contributed by atoms with Gasteiger partial charge in [-0.05, 0) is 53.4 Å². The van der Waals surface area contributed by atoms with Crippen LogP contribution in [0.1, 0.15) is 11.1 Å². The zero-order chi connectivity index (χ0) is 18.5. The molecular weight excluding hydrogens is 348 g/mol. The molecule has 1 N–H and O–H groups in total. The molecule has 0 aliphatic carbocycles. The predicted molar refractivity (Wildman–Crippen MR) is 104 cm³/mol. The minimum atomic E-state index is -0.994. The lowest BCUT2D eigenvalue weighted by Gasteiger charge is -2.17. The average molecular weight is 367 g/mol. The van der Waals surface area contributed by atoms with Crippen LogP contribution in [-0.2, 0) is 11.2 Å². The van der Waals surface area contributed by atoms with E-state index in [-0.39, 0.29) is 6.42 Å². The Morgan fingerprint density at radius 1 is 1.00 bits per heavy atom. The molecule has 1 unspecified atom stereocenters. The smallest absolute Gasteiger partial charge is 0.345 e. The molecule has 0 heterocycles. The van der Waals surface area contributed by atoms with Gasteiger partial charge in [0.1, 0.15) is 5.75 Å². The van der Waals surface area contributed by atoms with Crippen LogP contribution in [0.4, 0.5) is 0 Å². The molecule has 0 bridgehead atoms. The van der Waals surface area contributed by atoms with Gasteiger partial charge >= 0.3 is 5.97 Å². The fourth-order valence-electron chi connectivity index (χ4n) is 2.79. The lowest BCUT2D eigenvalue weighted by molar-refractivity contribution is -0.145. The summed E-state index contributed by atoms with van der Waals surface area (Å²) in [5.41, 5.74) is 4.01. The number of rotatable bonds is 6. The predicted octanol–water partition coefficient (Wildman–Crippen LogP) is 5.39. The van der Waals surface area contributed by atoms with Crippen molar-refractivity contribution in [3.8, 4) is 16.9 Å². The maximum atomic E-state index is 11.6. The summed E-state index contributed by atoms with van der Waals surface area (Å²) in [5, 5.41) is 10.2. The molecule has 0 saturated carbocycles. The molecule has 3 aromatic carbocycles. The van der Waals surface area contributed by atoms with Gasteiger partial charge in [-0.15, -0.1) is 0 Å². The first kappa shape index (κ1) is 18.0. The van der Waals surface area contributed by atoms with Gasteiger partial charge in [-0.1, -0.05) is 60.1 Å². The maximum Gasteiger partial charge on any atom is 0.345 e. The monoisotopic (exact) mass is 366 g/mol. The quantitative estimate of drug-likeness (QED) is 0.636. The van der Waals surface area contributed by atoms with E-state index in [1.54, 1.807) is 18.2 Å². The van der Waals surface area contributed by atoms with E-state index in [0.29, 0.717) is 10.8 Å². The summed E-state index contributed by atoms with van der Waals surface area (Å²) in [6, 6.07) is 22.9. The van der Waals surface area contributed by atoms with Gasteiger partial charge in [0.25, 0.3) is 0 Å². The molecule has 3 nitrogen and oxygen atoms in total. The van der Waals surface area contributed by atoms with Crippen LogP contribution in [0.15, 0.2) is 72.8 Å². The minimum absolute atomic E-state index is 0.277. The summed E-state index contributed by atoms with van der Waals surface area (Å²) in [4.78, 5) is 11.6. The van der Waals surface area contributed by atoms with E-state index in [2.05, 4.69) is 0 Å².